The van der Waals surface area contributed by atoms with Gasteiger partial charge in [0.05, 0.1) is 11.8 Å². The molecule has 0 atom stereocenters. The van der Waals surface area contributed by atoms with Gasteiger partial charge in [-0.05, 0) is 29.8 Å². The van der Waals surface area contributed by atoms with Crippen molar-refractivity contribution in [1.29, 1.82) is 0 Å². The average Bonchev–Trinajstić information content (AvgIpc) is 2.38. The number of aromatic carboxylic acids is 1. The minimum atomic E-state index is -3.37. The summed E-state index contributed by atoms with van der Waals surface area (Å²) in [7, 11) is -3.37. The van der Waals surface area contributed by atoms with Gasteiger partial charge in [0, 0.05) is 11.3 Å². The van der Waals surface area contributed by atoms with Crippen LogP contribution in [0.1, 0.15) is 10.4 Å². The summed E-state index contributed by atoms with van der Waals surface area (Å²) in [6.45, 7) is 0. The maximum Gasteiger partial charge on any atom is 0.335 e. The molecule has 0 heterocycles. The smallest absolute Gasteiger partial charge is 0.335 e. The van der Waals surface area contributed by atoms with Crippen LogP contribution in [0.2, 0.25) is 0 Å². The van der Waals surface area contributed by atoms with Crippen LogP contribution in [-0.4, -0.2) is 25.7 Å². The van der Waals surface area contributed by atoms with Crippen molar-refractivity contribution in [2.45, 2.75) is 0 Å². The SMILES string of the molecule is CS(=O)(=O)Nc1ccc(-c2ccc(C(=O)O)cc2F)cc1. The van der Waals surface area contributed by atoms with E-state index in [0.717, 1.165) is 12.3 Å². The number of benzene rings is 2. The third-order valence-electron chi connectivity index (χ3n) is 2.72. The van der Waals surface area contributed by atoms with Crippen LogP contribution in [0.5, 0.6) is 0 Å². The van der Waals surface area contributed by atoms with Crippen LogP contribution in [0, 0.1) is 5.82 Å². The zero-order valence-electron chi connectivity index (χ0n) is 11.0. The lowest BCUT2D eigenvalue weighted by Gasteiger charge is -2.07. The quantitative estimate of drug-likeness (QED) is 0.909. The van der Waals surface area contributed by atoms with E-state index in [1.54, 1.807) is 12.1 Å². The molecule has 0 amide bonds. The Balaban J connectivity index is 2.33. The maximum absolute atomic E-state index is 13.9. The summed E-state index contributed by atoms with van der Waals surface area (Å²) in [5.41, 5.74) is 0.991. The van der Waals surface area contributed by atoms with Gasteiger partial charge in [-0.25, -0.2) is 17.6 Å². The number of sulfonamides is 1. The lowest BCUT2D eigenvalue weighted by atomic mass is 10.0. The molecule has 2 N–H and O–H groups in total. The number of halogens is 1. The molecule has 0 saturated heterocycles. The average molecular weight is 309 g/mol. The molecule has 110 valence electrons. The predicted octanol–water partition coefficient (Wildman–Crippen LogP) is 2.56. The Hall–Kier alpha value is -2.41. The Bertz CT molecular complexity index is 785. The van der Waals surface area contributed by atoms with Gasteiger partial charge < -0.3 is 5.11 Å². The molecule has 0 radical (unpaired) electrons. The van der Waals surface area contributed by atoms with Crippen molar-refractivity contribution in [3.05, 3.63) is 53.8 Å². The minimum Gasteiger partial charge on any atom is -0.478 e. The van der Waals surface area contributed by atoms with Gasteiger partial charge in [0.15, 0.2) is 0 Å². The molecule has 0 saturated carbocycles. The topological polar surface area (TPSA) is 83.5 Å². The van der Waals surface area contributed by atoms with Crippen molar-refractivity contribution in [1.82, 2.24) is 0 Å². The molecule has 0 spiro atoms. The van der Waals surface area contributed by atoms with E-state index >= 15 is 0 Å². The van der Waals surface area contributed by atoms with Crippen molar-refractivity contribution in [2.75, 3.05) is 11.0 Å². The molecular weight excluding hydrogens is 297 g/mol. The second-order valence-corrected chi connectivity index (χ2v) is 6.20. The number of hydrogen-bond donors (Lipinski definition) is 2. The van der Waals surface area contributed by atoms with Crippen LogP contribution >= 0.6 is 0 Å². The number of rotatable bonds is 4. The summed E-state index contributed by atoms with van der Waals surface area (Å²) in [4.78, 5) is 10.7. The first-order valence-electron chi connectivity index (χ1n) is 5.87. The van der Waals surface area contributed by atoms with E-state index in [-0.39, 0.29) is 11.1 Å². The number of anilines is 1. The summed E-state index contributed by atoms with van der Waals surface area (Å²) >= 11 is 0. The van der Waals surface area contributed by atoms with Gasteiger partial charge in [-0.15, -0.1) is 0 Å². The molecule has 5 nitrogen and oxygen atoms in total. The Labute approximate surface area is 121 Å². The normalized spacial score (nSPS) is 11.1. The number of hydrogen-bond acceptors (Lipinski definition) is 3. The van der Waals surface area contributed by atoms with Crippen LogP contribution < -0.4 is 4.72 Å². The maximum atomic E-state index is 13.9. The predicted molar refractivity (Wildman–Crippen MR) is 77.3 cm³/mol. The minimum absolute atomic E-state index is 0.133. The molecule has 0 bridgehead atoms. The van der Waals surface area contributed by atoms with Crippen molar-refractivity contribution < 1.29 is 22.7 Å². The van der Waals surface area contributed by atoms with Gasteiger partial charge in [-0.1, -0.05) is 18.2 Å². The van der Waals surface area contributed by atoms with E-state index in [4.69, 9.17) is 5.11 Å². The molecule has 0 aliphatic carbocycles. The standard InChI is InChI=1S/C14H12FNO4S/c1-21(19,20)16-11-5-2-9(3-6-11)12-7-4-10(14(17)18)8-13(12)15/h2-8,16H,1H3,(H,17,18). The Kier molecular flexibility index (Phi) is 3.95. The third-order valence-corrected chi connectivity index (χ3v) is 3.32. The monoisotopic (exact) mass is 309 g/mol. The van der Waals surface area contributed by atoms with E-state index in [0.29, 0.717) is 11.3 Å². The summed E-state index contributed by atoms with van der Waals surface area (Å²) in [5, 5.41) is 8.78. The molecule has 7 heteroatoms. The fraction of sp³-hybridized carbons (Fsp3) is 0.0714. The van der Waals surface area contributed by atoms with Gasteiger partial charge in [0.25, 0.3) is 0 Å². The molecule has 2 aromatic rings. The number of carboxylic acid groups (broad SMARTS) is 1. The fourth-order valence-electron chi connectivity index (χ4n) is 1.81. The fourth-order valence-corrected chi connectivity index (χ4v) is 2.38. The number of carbonyl (C=O) groups is 1. The van der Waals surface area contributed by atoms with Crippen LogP contribution in [-0.2, 0) is 10.0 Å². The van der Waals surface area contributed by atoms with Crippen LogP contribution in [0.25, 0.3) is 11.1 Å². The molecule has 0 aliphatic rings. The van der Waals surface area contributed by atoms with E-state index < -0.39 is 21.8 Å². The summed E-state index contributed by atoms with van der Waals surface area (Å²) in [5.74, 6) is -1.85. The van der Waals surface area contributed by atoms with Gasteiger partial charge in [-0.3, -0.25) is 4.72 Å². The van der Waals surface area contributed by atoms with Gasteiger partial charge in [0.2, 0.25) is 10.0 Å². The molecule has 0 unspecified atom stereocenters. The summed E-state index contributed by atoms with van der Waals surface area (Å²) < 4.78 is 38.4. The van der Waals surface area contributed by atoms with E-state index in [9.17, 15) is 17.6 Å². The molecule has 0 fully saturated rings. The lowest BCUT2D eigenvalue weighted by Crippen LogP contribution is -2.09. The van der Waals surface area contributed by atoms with E-state index in [1.807, 2.05) is 0 Å². The number of nitrogens with one attached hydrogen (secondary N) is 1. The highest BCUT2D eigenvalue weighted by molar-refractivity contribution is 7.92. The van der Waals surface area contributed by atoms with Crippen LogP contribution in [0.15, 0.2) is 42.5 Å². The first kappa shape index (κ1) is 15.0. The van der Waals surface area contributed by atoms with Crippen LogP contribution in [0.4, 0.5) is 10.1 Å². The van der Waals surface area contributed by atoms with E-state index in [2.05, 4.69) is 4.72 Å². The zero-order chi connectivity index (χ0) is 15.6. The van der Waals surface area contributed by atoms with Crippen molar-refractivity contribution in [3.63, 3.8) is 0 Å². The highest BCUT2D eigenvalue weighted by Crippen LogP contribution is 2.25. The van der Waals surface area contributed by atoms with Gasteiger partial charge >= 0.3 is 5.97 Å². The van der Waals surface area contributed by atoms with Gasteiger partial charge in [-0.2, -0.15) is 0 Å². The Morgan fingerprint density at radius 2 is 1.76 bits per heavy atom. The molecule has 2 rings (SSSR count). The Morgan fingerprint density at radius 1 is 1.14 bits per heavy atom. The molecular formula is C14H12FNO4S. The summed E-state index contributed by atoms with van der Waals surface area (Å²) in [6.07, 6.45) is 1.03. The summed E-state index contributed by atoms with van der Waals surface area (Å²) in [6, 6.07) is 9.72. The van der Waals surface area contributed by atoms with Gasteiger partial charge in [0.1, 0.15) is 5.82 Å². The first-order valence-corrected chi connectivity index (χ1v) is 7.76. The third kappa shape index (κ3) is 3.79. The van der Waals surface area contributed by atoms with E-state index in [1.165, 1.54) is 24.3 Å². The second kappa shape index (κ2) is 5.53. The highest BCUT2D eigenvalue weighted by atomic mass is 32.2. The lowest BCUT2D eigenvalue weighted by molar-refractivity contribution is 0.0696. The Morgan fingerprint density at radius 3 is 2.24 bits per heavy atom. The van der Waals surface area contributed by atoms with Crippen molar-refractivity contribution >= 4 is 21.7 Å². The molecule has 0 aromatic heterocycles. The van der Waals surface area contributed by atoms with Crippen molar-refractivity contribution in [2.24, 2.45) is 0 Å². The molecule has 21 heavy (non-hydrogen) atoms. The van der Waals surface area contributed by atoms with Crippen LogP contribution in [0.3, 0.4) is 0 Å². The zero-order valence-corrected chi connectivity index (χ0v) is 11.8. The molecule has 0 aliphatic heterocycles. The largest absolute Gasteiger partial charge is 0.478 e. The second-order valence-electron chi connectivity index (χ2n) is 4.45. The highest BCUT2D eigenvalue weighted by Gasteiger charge is 2.10. The number of carboxylic acids is 1. The first-order chi connectivity index (χ1) is 9.76. The van der Waals surface area contributed by atoms with Crippen molar-refractivity contribution in [3.8, 4) is 11.1 Å². The molecule has 2 aromatic carbocycles.